The van der Waals surface area contributed by atoms with Gasteiger partial charge in [-0.2, -0.15) is 0 Å². The van der Waals surface area contributed by atoms with E-state index in [1.54, 1.807) is 12.1 Å². The van der Waals surface area contributed by atoms with Crippen LogP contribution in [0.4, 0.5) is 11.4 Å². The van der Waals surface area contributed by atoms with E-state index >= 15 is 0 Å². The Morgan fingerprint density at radius 2 is 1.73 bits per heavy atom. The number of likely N-dealkylation sites (N-methyl/N-ethyl adjacent to an activating group) is 1. The molecular formula is C24H34N4O4S. The molecule has 0 unspecified atom stereocenters. The molecule has 9 heteroatoms. The van der Waals surface area contributed by atoms with E-state index in [-0.39, 0.29) is 23.8 Å². The number of para-hydroxylation sites is 2. The molecule has 0 bridgehead atoms. The zero-order valence-corrected chi connectivity index (χ0v) is 20.5. The second kappa shape index (κ2) is 11.5. The first kappa shape index (κ1) is 25.0. The van der Waals surface area contributed by atoms with Crippen LogP contribution in [-0.2, 0) is 14.8 Å². The maximum Gasteiger partial charge on any atom is 0.242 e. The van der Waals surface area contributed by atoms with Crippen LogP contribution in [0, 0.1) is 0 Å². The van der Waals surface area contributed by atoms with Gasteiger partial charge in [0, 0.05) is 46.2 Å². The number of nitrogens with one attached hydrogen (secondary N) is 1. The van der Waals surface area contributed by atoms with Gasteiger partial charge in [-0.1, -0.05) is 19.1 Å². The summed E-state index contributed by atoms with van der Waals surface area (Å²) in [4.78, 5) is 17.5. The number of nitrogens with zero attached hydrogens (tertiary/aromatic N) is 3. The summed E-state index contributed by atoms with van der Waals surface area (Å²) in [5, 5.41) is 3.01. The summed E-state index contributed by atoms with van der Waals surface area (Å²) in [7, 11) is -0.550. The van der Waals surface area contributed by atoms with E-state index < -0.39 is 10.0 Å². The molecule has 1 heterocycles. The van der Waals surface area contributed by atoms with Crippen LogP contribution in [0.3, 0.4) is 0 Å². The van der Waals surface area contributed by atoms with Crippen molar-refractivity contribution in [2.45, 2.75) is 24.7 Å². The van der Waals surface area contributed by atoms with Gasteiger partial charge in [0.25, 0.3) is 0 Å². The molecule has 0 saturated carbocycles. The average molecular weight is 475 g/mol. The van der Waals surface area contributed by atoms with Crippen molar-refractivity contribution in [2.75, 3.05) is 63.6 Å². The normalized spacial score (nSPS) is 15.0. The second-order valence-corrected chi connectivity index (χ2v) is 10.1. The number of piperazine rings is 1. The van der Waals surface area contributed by atoms with Crippen LogP contribution < -0.4 is 15.0 Å². The topological polar surface area (TPSA) is 82.2 Å². The van der Waals surface area contributed by atoms with Crippen LogP contribution in [0.25, 0.3) is 0 Å². The van der Waals surface area contributed by atoms with Crippen LogP contribution >= 0.6 is 0 Å². The van der Waals surface area contributed by atoms with E-state index in [1.165, 1.54) is 30.6 Å². The SMILES string of the molecule is CCN1CCN(c2ccccc2NC(=O)CCCN(C)S(=O)(=O)c2ccc(OC)cc2)CC1. The fraction of sp³-hybridized carbons (Fsp3) is 0.458. The summed E-state index contributed by atoms with van der Waals surface area (Å²) in [5.74, 6) is 0.477. The zero-order chi connectivity index (χ0) is 23.8. The Morgan fingerprint density at radius 3 is 2.36 bits per heavy atom. The molecule has 0 atom stereocenters. The highest BCUT2D eigenvalue weighted by molar-refractivity contribution is 7.89. The van der Waals surface area contributed by atoms with Crippen molar-refractivity contribution in [3.63, 3.8) is 0 Å². The number of sulfonamides is 1. The van der Waals surface area contributed by atoms with Crippen molar-refractivity contribution in [3.05, 3.63) is 48.5 Å². The Balaban J connectivity index is 1.52. The minimum absolute atomic E-state index is 0.120. The van der Waals surface area contributed by atoms with Crippen molar-refractivity contribution in [1.29, 1.82) is 0 Å². The number of carbonyl (C=O) groups is 1. The number of ether oxygens (including phenoxy) is 1. The van der Waals surface area contributed by atoms with Crippen molar-refractivity contribution < 1.29 is 17.9 Å². The van der Waals surface area contributed by atoms with Gasteiger partial charge in [0.1, 0.15) is 5.75 Å². The van der Waals surface area contributed by atoms with E-state index in [0.717, 1.165) is 44.1 Å². The Hall–Kier alpha value is -2.62. The summed E-state index contributed by atoms with van der Waals surface area (Å²) in [5.41, 5.74) is 1.83. The first-order chi connectivity index (χ1) is 15.8. The first-order valence-corrected chi connectivity index (χ1v) is 12.8. The molecule has 1 N–H and O–H groups in total. The van der Waals surface area contributed by atoms with Crippen LogP contribution in [0.15, 0.2) is 53.4 Å². The van der Waals surface area contributed by atoms with Crippen molar-refractivity contribution in [3.8, 4) is 5.75 Å². The molecule has 0 aliphatic carbocycles. The molecule has 0 radical (unpaired) electrons. The minimum atomic E-state index is -3.61. The highest BCUT2D eigenvalue weighted by atomic mass is 32.2. The number of rotatable bonds is 10. The number of anilines is 2. The molecule has 1 amide bonds. The van der Waals surface area contributed by atoms with Gasteiger partial charge in [-0.3, -0.25) is 4.79 Å². The van der Waals surface area contributed by atoms with E-state index in [4.69, 9.17) is 4.74 Å². The molecule has 0 spiro atoms. The summed E-state index contributed by atoms with van der Waals surface area (Å²) in [6, 6.07) is 14.1. The first-order valence-electron chi connectivity index (χ1n) is 11.3. The van der Waals surface area contributed by atoms with Crippen LogP contribution in [0.2, 0.25) is 0 Å². The lowest BCUT2D eigenvalue weighted by atomic mass is 10.2. The molecule has 1 fully saturated rings. The van der Waals surface area contributed by atoms with Crippen molar-refractivity contribution in [2.24, 2.45) is 0 Å². The number of methoxy groups -OCH3 is 1. The van der Waals surface area contributed by atoms with Crippen molar-refractivity contribution in [1.82, 2.24) is 9.21 Å². The molecule has 1 saturated heterocycles. The summed E-state index contributed by atoms with van der Waals surface area (Å²) in [6.07, 6.45) is 0.662. The third kappa shape index (κ3) is 6.46. The summed E-state index contributed by atoms with van der Waals surface area (Å²) in [6.45, 7) is 7.34. The molecule has 3 rings (SSSR count). The van der Waals surface area contributed by atoms with E-state index in [0.29, 0.717) is 12.2 Å². The number of hydrogen-bond donors (Lipinski definition) is 1. The second-order valence-electron chi connectivity index (χ2n) is 8.09. The lowest BCUT2D eigenvalue weighted by Crippen LogP contribution is -2.46. The fourth-order valence-electron chi connectivity index (χ4n) is 3.88. The number of hydrogen-bond acceptors (Lipinski definition) is 6. The predicted octanol–water partition coefficient (Wildman–Crippen LogP) is 2.88. The van der Waals surface area contributed by atoms with Crippen molar-refractivity contribution >= 4 is 27.3 Å². The smallest absolute Gasteiger partial charge is 0.242 e. The van der Waals surface area contributed by atoms with Gasteiger partial charge in [-0.25, -0.2) is 12.7 Å². The third-order valence-electron chi connectivity index (χ3n) is 5.98. The average Bonchev–Trinajstić information content (AvgIpc) is 2.84. The molecule has 33 heavy (non-hydrogen) atoms. The largest absolute Gasteiger partial charge is 0.497 e. The lowest BCUT2D eigenvalue weighted by Gasteiger charge is -2.36. The molecule has 1 aliphatic heterocycles. The monoisotopic (exact) mass is 474 g/mol. The molecule has 2 aromatic rings. The van der Waals surface area contributed by atoms with Gasteiger partial charge in [0.05, 0.1) is 23.4 Å². The van der Waals surface area contributed by atoms with Gasteiger partial charge in [0.2, 0.25) is 15.9 Å². The standard InChI is InChI=1S/C24H34N4O4S/c1-4-27-16-18-28(19-17-27)23-9-6-5-8-22(23)25-24(29)10-7-15-26(2)33(30,31)21-13-11-20(32-3)12-14-21/h5-6,8-9,11-14H,4,7,10,15-19H2,1-3H3,(H,25,29). The fourth-order valence-corrected chi connectivity index (χ4v) is 5.09. The number of carbonyl (C=O) groups excluding carboxylic acids is 1. The van der Waals surface area contributed by atoms with Crippen LogP contribution in [0.1, 0.15) is 19.8 Å². The Morgan fingerprint density at radius 1 is 1.06 bits per heavy atom. The third-order valence-corrected chi connectivity index (χ3v) is 7.85. The maximum atomic E-state index is 12.7. The molecular weight excluding hydrogens is 440 g/mol. The van der Waals surface area contributed by atoms with Gasteiger partial charge < -0.3 is 19.9 Å². The van der Waals surface area contributed by atoms with E-state index in [9.17, 15) is 13.2 Å². The highest BCUT2D eigenvalue weighted by Crippen LogP contribution is 2.27. The summed E-state index contributed by atoms with van der Waals surface area (Å²) < 4.78 is 31.8. The molecule has 1 aliphatic rings. The molecule has 2 aromatic carbocycles. The zero-order valence-electron chi connectivity index (χ0n) is 19.7. The Labute approximate surface area is 197 Å². The molecule has 0 aromatic heterocycles. The highest BCUT2D eigenvalue weighted by Gasteiger charge is 2.21. The Kier molecular flexibility index (Phi) is 8.71. The van der Waals surface area contributed by atoms with Crippen LogP contribution in [-0.4, -0.2) is 77.0 Å². The van der Waals surface area contributed by atoms with E-state index in [2.05, 4.69) is 22.0 Å². The quantitative estimate of drug-likeness (QED) is 0.570. The lowest BCUT2D eigenvalue weighted by molar-refractivity contribution is -0.116. The molecule has 8 nitrogen and oxygen atoms in total. The van der Waals surface area contributed by atoms with Crippen LogP contribution in [0.5, 0.6) is 5.75 Å². The van der Waals surface area contributed by atoms with Gasteiger partial charge in [0.15, 0.2) is 0 Å². The van der Waals surface area contributed by atoms with E-state index in [1.807, 2.05) is 24.3 Å². The summed E-state index contributed by atoms with van der Waals surface area (Å²) >= 11 is 0. The number of benzene rings is 2. The Bertz CT molecular complexity index is 1020. The minimum Gasteiger partial charge on any atom is -0.497 e. The molecule has 180 valence electrons. The van der Waals surface area contributed by atoms with Gasteiger partial charge in [-0.15, -0.1) is 0 Å². The maximum absolute atomic E-state index is 12.7. The number of amides is 1. The predicted molar refractivity (Wildman–Crippen MR) is 131 cm³/mol. The van der Waals surface area contributed by atoms with Gasteiger partial charge in [-0.05, 0) is 49.4 Å². The van der Waals surface area contributed by atoms with Gasteiger partial charge >= 0.3 is 0 Å².